The van der Waals surface area contributed by atoms with Crippen molar-refractivity contribution in [3.8, 4) is 0 Å². The highest BCUT2D eigenvalue weighted by Crippen LogP contribution is 2.27. The van der Waals surface area contributed by atoms with Gasteiger partial charge >= 0.3 is 0 Å². The van der Waals surface area contributed by atoms with Crippen molar-refractivity contribution in [1.29, 1.82) is 0 Å². The minimum Gasteiger partial charge on any atom is -0.354 e. The Labute approximate surface area is 102 Å². The standard InChI is InChI=1S/C12H21N3O2/c1-2-8(13)6-11(16)15-5-3-4-9-10(15)7-14-12(9)17/h8-10H,2-7,13H2,1H3,(H,14,17). The molecular weight excluding hydrogens is 218 g/mol. The van der Waals surface area contributed by atoms with Crippen molar-refractivity contribution in [2.24, 2.45) is 11.7 Å². The maximum absolute atomic E-state index is 12.1. The monoisotopic (exact) mass is 239 g/mol. The lowest BCUT2D eigenvalue weighted by Crippen LogP contribution is -2.49. The highest BCUT2D eigenvalue weighted by atomic mass is 16.2. The zero-order valence-corrected chi connectivity index (χ0v) is 10.3. The Morgan fingerprint density at radius 3 is 3.12 bits per heavy atom. The molecule has 0 aromatic heterocycles. The normalized spacial score (nSPS) is 29.8. The molecule has 3 N–H and O–H groups in total. The van der Waals surface area contributed by atoms with Gasteiger partial charge in [-0.15, -0.1) is 0 Å². The molecule has 0 aromatic carbocycles. The summed E-state index contributed by atoms with van der Waals surface area (Å²) in [5, 5.41) is 2.85. The van der Waals surface area contributed by atoms with E-state index in [1.54, 1.807) is 0 Å². The van der Waals surface area contributed by atoms with Gasteiger partial charge in [-0.2, -0.15) is 0 Å². The first-order valence-corrected chi connectivity index (χ1v) is 6.46. The fourth-order valence-electron chi connectivity index (χ4n) is 2.75. The van der Waals surface area contributed by atoms with E-state index in [1.807, 2.05) is 11.8 Å². The average molecular weight is 239 g/mol. The molecule has 2 amide bonds. The van der Waals surface area contributed by atoms with Gasteiger partial charge in [-0.3, -0.25) is 9.59 Å². The Kier molecular flexibility index (Phi) is 3.66. The molecule has 2 fully saturated rings. The summed E-state index contributed by atoms with van der Waals surface area (Å²) in [5.74, 6) is 0.211. The zero-order valence-electron chi connectivity index (χ0n) is 10.3. The smallest absolute Gasteiger partial charge is 0.225 e. The number of likely N-dealkylation sites (tertiary alicyclic amines) is 1. The van der Waals surface area contributed by atoms with Crippen LogP contribution in [0.25, 0.3) is 0 Å². The van der Waals surface area contributed by atoms with Crippen LogP contribution < -0.4 is 11.1 Å². The summed E-state index contributed by atoms with van der Waals surface area (Å²) in [4.78, 5) is 25.6. The number of carbonyl (C=O) groups excluding carboxylic acids is 2. The summed E-state index contributed by atoms with van der Waals surface area (Å²) in [5.41, 5.74) is 5.81. The molecule has 96 valence electrons. The van der Waals surface area contributed by atoms with E-state index < -0.39 is 0 Å². The fraction of sp³-hybridized carbons (Fsp3) is 0.833. The van der Waals surface area contributed by atoms with Gasteiger partial charge in [-0.1, -0.05) is 6.92 Å². The third-order valence-corrected chi connectivity index (χ3v) is 3.88. The Bertz CT molecular complexity index is 319. The molecule has 0 saturated carbocycles. The van der Waals surface area contributed by atoms with Gasteiger partial charge in [0.05, 0.1) is 12.0 Å². The second kappa shape index (κ2) is 5.04. The van der Waals surface area contributed by atoms with Crippen LogP contribution in [0, 0.1) is 5.92 Å². The first kappa shape index (κ1) is 12.4. The summed E-state index contributed by atoms with van der Waals surface area (Å²) in [6, 6.07) is 0.000691. The van der Waals surface area contributed by atoms with E-state index >= 15 is 0 Å². The number of hydrogen-bond acceptors (Lipinski definition) is 3. The van der Waals surface area contributed by atoms with Crippen LogP contribution in [0.4, 0.5) is 0 Å². The van der Waals surface area contributed by atoms with E-state index in [0.29, 0.717) is 13.0 Å². The molecule has 2 aliphatic heterocycles. The maximum atomic E-state index is 12.1. The summed E-state index contributed by atoms with van der Waals surface area (Å²) in [7, 11) is 0. The molecular formula is C12H21N3O2. The minimum absolute atomic E-state index is 0.00514. The van der Waals surface area contributed by atoms with Gasteiger partial charge in [-0.25, -0.2) is 0 Å². The molecule has 2 rings (SSSR count). The molecule has 3 atom stereocenters. The lowest BCUT2D eigenvalue weighted by Gasteiger charge is -2.36. The van der Waals surface area contributed by atoms with Crippen molar-refractivity contribution in [2.45, 2.75) is 44.7 Å². The van der Waals surface area contributed by atoms with Gasteiger partial charge < -0.3 is 16.0 Å². The number of nitrogens with two attached hydrogens (primary N) is 1. The average Bonchev–Trinajstić information content (AvgIpc) is 2.71. The quantitative estimate of drug-likeness (QED) is 0.719. The zero-order chi connectivity index (χ0) is 12.4. The second-order valence-corrected chi connectivity index (χ2v) is 5.02. The number of nitrogens with zero attached hydrogens (tertiary/aromatic N) is 1. The third kappa shape index (κ3) is 2.44. The van der Waals surface area contributed by atoms with Crippen LogP contribution in [0.1, 0.15) is 32.6 Å². The van der Waals surface area contributed by atoms with E-state index in [4.69, 9.17) is 5.73 Å². The highest BCUT2D eigenvalue weighted by Gasteiger charge is 2.42. The first-order chi connectivity index (χ1) is 8.13. The van der Waals surface area contributed by atoms with Crippen LogP contribution in [-0.4, -0.2) is 41.9 Å². The molecule has 5 nitrogen and oxygen atoms in total. The number of amides is 2. The van der Waals surface area contributed by atoms with E-state index in [1.165, 1.54) is 0 Å². The van der Waals surface area contributed by atoms with Crippen LogP contribution in [0.5, 0.6) is 0 Å². The molecule has 0 spiro atoms. The van der Waals surface area contributed by atoms with Gasteiger partial charge in [-0.05, 0) is 19.3 Å². The first-order valence-electron chi connectivity index (χ1n) is 6.46. The van der Waals surface area contributed by atoms with Gasteiger partial charge in [0.2, 0.25) is 11.8 Å². The molecule has 5 heteroatoms. The maximum Gasteiger partial charge on any atom is 0.225 e. The Morgan fingerprint density at radius 1 is 1.65 bits per heavy atom. The van der Waals surface area contributed by atoms with E-state index in [0.717, 1.165) is 25.8 Å². The van der Waals surface area contributed by atoms with Crippen LogP contribution in [0.3, 0.4) is 0 Å². The van der Waals surface area contributed by atoms with Crippen molar-refractivity contribution >= 4 is 11.8 Å². The number of piperidine rings is 1. The number of rotatable bonds is 3. The minimum atomic E-state index is -0.0621. The predicted molar refractivity (Wildman–Crippen MR) is 64.1 cm³/mol. The van der Waals surface area contributed by atoms with Gasteiger partial charge in [0.15, 0.2) is 0 Å². The van der Waals surface area contributed by atoms with Gasteiger partial charge in [0, 0.05) is 25.6 Å². The molecule has 2 heterocycles. The second-order valence-electron chi connectivity index (χ2n) is 5.02. The largest absolute Gasteiger partial charge is 0.354 e. The summed E-state index contributed by atoms with van der Waals surface area (Å²) in [6.45, 7) is 3.36. The Balaban J connectivity index is 2.00. The lowest BCUT2D eigenvalue weighted by molar-refractivity contribution is -0.137. The van der Waals surface area contributed by atoms with Crippen molar-refractivity contribution < 1.29 is 9.59 Å². The molecule has 3 unspecified atom stereocenters. The van der Waals surface area contributed by atoms with Crippen molar-refractivity contribution in [3.63, 3.8) is 0 Å². The molecule has 0 aromatic rings. The van der Waals surface area contributed by atoms with Crippen LogP contribution in [0.2, 0.25) is 0 Å². The molecule has 0 aliphatic carbocycles. The number of nitrogens with one attached hydrogen (secondary N) is 1. The van der Waals surface area contributed by atoms with E-state index in [2.05, 4.69) is 5.32 Å². The molecule has 0 bridgehead atoms. The van der Waals surface area contributed by atoms with E-state index in [-0.39, 0.29) is 29.8 Å². The number of carbonyl (C=O) groups is 2. The van der Waals surface area contributed by atoms with Crippen molar-refractivity contribution in [2.75, 3.05) is 13.1 Å². The summed E-state index contributed by atoms with van der Waals surface area (Å²) >= 11 is 0. The van der Waals surface area contributed by atoms with Crippen molar-refractivity contribution in [3.05, 3.63) is 0 Å². The van der Waals surface area contributed by atoms with Gasteiger partial charge in [0.25, 0.3) is 0 Å². The summed E-state index contributed by atoms with van der Waals surface area (Å²) < 4.78 is 0. The molecule has 17 heavy (non-hydrogen) atoms. The Hall–Kier alpha value is -1.10. The SMILES string of the molecule is CCC(N)CC(=O)N1CCCC2C(=O)NCC21. The lowest BCUT2D eigenvalue weighted by atomic mass is 9.91. The topological polar surface area (TPSA) is 75.4 Å². The Morgan fingerprint density at radius 2 is 2.41 bits per heavy atom. The molecule has 2 aliphatic rings. The predicted octanol–water partition coefficient (Wildman–Crippen LogP) is -0.149. The van der Waals surface area contributed by atoms with E-state index in [9.17, 15) is 9.59 Å². The number of fused-ring (bicyclic) bond motifs is 1. The van der Waals surface area contributed by atoms with Crippen LogP contribution >= 0.6 is 0 Å². The highest BCUT2D eigenvalue weighted by molar-refractivity contribution is 5.84. The third-order valence-electron chi connectivity index (χ3n) is 3.88. The molecule has 0 radical (unpaired) electrons. The van der Waals surface area contributed by atoms with Gasteiger partial charge in [0.1, 0.15) is 0 Å². The van der Waals surface area contributed by atoms with Crippen molar-refractivity contribution in [1.82, 2.24) is 10.2 Å². The van der Waals surface area contributed by atoms with Crippen LogP contribution in [-0.2, 0) is 9.59 Å². The fourth-order valence-corrected chi connectivity index (χ4v) is 2.75. The summed E-state index contributed by atoms with van der Waals surface area (Å²) in [6.07, 6.45) is 3.03. The van der Waals surface area contributed by atoms with Crippen LogP contribution in [0.15, 0.2) is 0 Å². The molecule has 2 saturated heterocycles. The number of hydrogen-bond donors (Lipinski definition) is 2.